The molecule has 0 aliphatic carbocycles. The zero-order chi connectivity index (χ0) is 13.2. The van der Waals surface area contributed by atoms with E-state index in [1.807, 2.05) is 0 Å². The third-order valence-electron chi connectivity index (χ3n) is 3.42. The Balaban J connectivity index is 1.78. The second-order valence-corrected chi connectivity index (χ2v) is 5.83. The highest BCUT2D eigenvalue weighted by Gasteiger charge is 2.35. The van der Waals surface area contributed by atoms with Crippen molar-refractivity contribution in [3.63, 3.8) is 0 Å². The summed E-state index contributed by atoms with van der Waals surface area (Å²) in [5.41, 5.74) is 0. The minimum absolute atomic E-state index is 0.113. The minimum Gasteiger partial charge on any atom is -0.790 e. The van der Waals surface area contributed by atoms with Crippen LogP contribution in [-0.2, 0) is 13.8 Å². The molecule has 1 unspecified atom stereocenters. The van der Waals surface area contributed by atoms with Crippen LogP contribution in [0, 0.1) is 5.92 Å². The maximum absolute atomic E-state index is 10.2. The predicted molar refractivity (Wildman–Crippen MR) is 60.7 cm³/mol. The van der Waals surface area contributed by atoms with Crippen molar-refractivity contribution >= 4 is 13.7 Å². The Bertz CT molecular complexity index is 361. The molecular weight excluding hydrogens is 259 g/mol. The molecule has 0 amide bonds. The monoisotopic (exact) mass is 276 g/mol. The van der Waals surface area contributed by atoms with Crippen LogP contribution in [0.4, 0.5) is 0 Å². The van der Waals surface area contributed by atoms with E-state index >= 15 is 0 Å². The smallest absolute Gasteiger partial charge is 0.182 e. The molecule has 0 aromatic rings. The minimum atomic E-state index is -4.95. The van der Waals surface area contributed by atoms with Gasteiger partial charge < -0.3 is 23.6 Å². The number of ether oxygens (including phenoxy) is 1. The van der Waals surface area contributed by atoms with Gasteiger partial charge in [0.15, 0.2) is 5.90 Å². The van der Waals surface area contributed by atoms with Gasteiger partial charge in [0.05, 0.1) is 7.82 Å². The first kappa shape index (κ1) is 14.0. The number of piperidine rings is 3. The van der Waals surface area contributed by atoms with Crippen LogP contribution in [0.2, 0.25) is 0 Å². The molecular formula is C10H17N2O5P-2. The number of hydrogen-bond acceptors (Lipinski definition) is 7. The normalized spacial score (nSPS) is 32.6. The predicted octanol–water partition coefficient (Wildman–Crippen LogP) is -0.682. The largest absolute Gasteiger partial charge is 0.790 e. The molecule has 0 aromatic carbocycles. The third kappa shape index (κ3) is 4.03. The molecule has 8 heteroatoms. The highest BCUT2D eigenvalue weighted by molar-refractivity contribution is 7.43. The zero-order valence-corrected chi connectivity index (χ0v) is 11.2. The topological polar surface area (TPSA) is 97.2 Å². The lowest BCUT2D eigenvalue weighted by Crippen LogP contribution is -2.51. The van der Waals surface area contributed by atoms with E-state index in [0.717, 1.165) is 32.5 Å². The van der Waals surface area contributed by atoms with Crippen molar-refractivity contribution in [3.8, 4) is 0 Å². The average Bonchev–Trinajstić information content (AvgIpc) is 2.28. The van der Waals surface area contributed by atoms with Gasteiger partial charge in [-0.25, -0.2) is 4.99 Å². The molecule has 0 radical (unpaired) electrons. The van der Waals surface area contributed by atoms with Crippen LogP contribution in [0.3, 0.4) is 0 Å². The van der Waals surface area contributed by atoms with Crippen LogP contribution in [0.1, 0.15) is 19.8 Å². The van der Waals surface area contributed by atoms with Gasteiger partial charge in [0.2, 0.25) is 0 Å². The molecule has 3 heterocycles. The number of aliphatic imine (C=N–C) groups is 1. The van der Waals surface area contributed by atoms with Crippen molar-refractivity contribution in [2.45, 2.75) is 25.9 Å². The molecule has 0 N–H and O–H groups in total. The molecule has 18 heavy (non-hydrogen) atoms. The van der Waals surface area contributed by atoms with Gasteiger partial charge in [-0.05, 0) is 31.8 Å². The molecule has 3 saturated heterocycles. The van der Waals surface area contributed by atoms with Crippen molar-refractivity contribution in [2.24, 2.45) is 10.9 Å². The Morgan fingerprint density at radius 2 is 2.11 bits per heavy atom. The standard InChI is InChI=1S/C10H19N2O5P/c1-8(11-7-16-18(13,14)15)17-10-6-12-4-2-9(10)3-5-12/h9-10H,2-7H2,1H3,(H2,13,14,15)/p-2/b11-8+. The van der Waals surface area contributed by atoms with E-state index in [1.165, 1.54) is 0 Å². The molecule has 3 rings (SSSR count). The van der Waals surface area contributed by atoms with Crippen LogP contribution in [0.25, 0.3) is 0 Å². The fourth-order valence-electron chi connectivity index (χ4n) is 2.49. The van der Waals surface area contributed by atoms with Gasteiger partial charge in [-0.3, -0.25) is 4.90 Å². The van der Waals surface area contributed by atoms with Crippen molar-refractivity contribution in [3.05, 3.63) is 0 Å². The first-order chi connectivity index (χ1) is 8.44. The Kier molecular flexibility index (Phi) is 4.40. The van der Waals surface area contributed by atoms with Gasteiger partial charge >= 0.3 is 0 Å². The van der Waals surface area contributed by atoms with Gasteiger partial charge in [0, 0.05) is 13.5 Å². The van der Waals surface area contributed by atoms with E-state index in [4.69, 9.17) is 4.74 Å². The molecule has 0 aromatic heterocycles. The van der Waals surface area contributed by atoms with E-state index in [2.05, 4.69) is 14.4 Å². The van der Waals surface area contributed by atoms with Crippen molar-refractivity contribution in [1.82, 2.24) is 4.90 Å². The second kappa shape index (κ2) is 5.67. The van der Waals surface area contributed by atoms with Crippen LogP contribution >= 0.6 is 7.82 Å². The fraction of sp³-hybridized carbons (Fsp3) is 0.900. The van der Waals surface area contributed by atoms with Gasteiger partial charge in [-0.2, -0.15) is 0 Å². The number of phosphoric ester groups is 1. The van der Waals surface area contributed by atoms with Gasteiger partial charge in [0.25, 0.3) is 0 Å². The van der Waals surface area contributed by atoms with Crippen LogP contribution in [-0.4, -0.2) is 43.3 Å². The van der Waals surface area contributed by atoms with Crippen LogP contribution < -0.4 is 9.79 Å². The number of rotatable bonds is 4. The Hall–Kier alpha value is -0.460. The van der Waals surface area contributed by atoms with Crippen molar-refractivity contribution < 1.29 is 23.6 Å². The first-order valence-corrected chi connectivity index (χ1v) is 7.47. The molecule has 0 saturated carbocycles. The molecule has 0 spiro atoms. The van der Waals surface area contributed by atoms with Crippen LogP contribution in [0.5, 0.6) is 0 Å². The summed E-state index contributed by atoms with van der Waals surface area (Å²) in [6.45, 7) is 4.28. The highest BCUT2D eigenvalue weighted by atomic mass is 31.2. The molecule has 3 fully saturated rings. The summed E-state index contributed by atoms with van der Waals surface area (Å²) in [4.78, 5) is 26.6. The molecule has 2 bridgehead atoms. The summed E-state index contributed by atoms with van der Waals surface area (Å²) in [6.07, 6.45) is 2.37. The maximum Gasteiger partial charge on any atom is 0.182 e. The second-order valence-electron chi connectivity index (χ2n) is 4.68. The lowest BCUT2D eigenvalue weighted by molar-refractivity contribution is -0.341. The first-order valence-electron chi connectivity index (χ1n) is 6.01. The summed E-state index contributed by atoms with van der Waals surface area (Å²) in [5.74, 6) is 0.911. The van der Waals surface area contributed by atoms with Gasteiger partial charge in [-0.15, -0.1) is 0 Å². The lowest BCUT2D eigenvalue weighted by atomic mass is 9.86. The maximum atomic E-state index is 10.2. The third-order valence-corrected chi connectivity index (χ3v) is 3.85. The highest BCUT2D eigenvalue weighted by Crippen LogP contribution is 2.29. The summed E-state index contributed by atoms with van der Waals surface area (Å²) in [7, 11) is -4.95. The van der Waals surface area contributed by atoms with Gasteiger partial charge in [0.1, 0.15) is 12.8 Å². The SMILES string of the molecule is C/C(=N\COP(=O)([O-])[O-])OC1CN2CCC1CC2. The zero-order valence-electron chi connectivity index (χ0n) is 10.3. The summed E-state index contributed by atoms with van der Waals surface area (Å²) >= 11 is 0. The van der Waals surface area contributed by atoms with Crippen molar-refractivity contribution in [1.29, 1.82) is 0 Å². The van der Waals surface area contributed by atoms with Crippen LogP contribution in [0.15, 0.2) is 4.99 Å². The van der Waals surface area contributed by atoms with E-state index in [-0.39, 0.29) is 6.10 Å². The number of phosphoric acid groups is 1. The number of fused-ring (bicyclic) bond motifs is 3. The number of hydrogen-bond donors (Lipinski definition) is 0. The quantitative estimate of drug-likeness (QED) is 0.383. The number of nitrogens with zero attached hydrogens (tertiary/aromatic N) is 2. The average molecular weight is 276 g/mol. The Morgan fingerprint density at radius 3 is 2.61 bits per heavy atom. The van der Waals surface area contributed by atoms with Gasteiger partial charge in [-0.1, -0.05) is 0 Å². The van der Waals surface area contributed by atoms with E-state index in [1.54, 1.807) is 6.92 Å². The summed E-state index contributed by atoms with van der Waals surface area (Å²) < 4.78 is 19.9. The molecule has 1 atom stereocenters. The summed E-state index contributed by atoms with van der Waals surface area (Å²) in [6, 6.07) is 0. The molecule has 7 nitrogen and oxygen atoms in total. The molecule has 104 valence electrons. The lowest BCUT2D eigenvalue weighted by Gasteiger charge is -2.44. The van der Waals surface area contributed by atoms with E-state index in [9.17, 15) is 14.4 Å². The molecule has 3 aliphatic heterocycles. The van der Waals surface area contributed by atoms with E-state index in [0.29, 0.717) is 11.8 Å². The molecule has 3 aliphatic rings. The Labute approximate surface area is 106 Å². The van der Waals surface area contributed by atoms with E-state index < -0.39 is 14.6 Å². The Morgan fingerprint density at radius 1 is 1.44 bits per heavy atom. The van der Waals surface area contributed by atoms with Crippen molar-refractivity contribution in [2.75, 3.05) is 26.4 Å². The summed E-state index contributed by atoms with van der Waals surface area (Å²) in [5, 5.41) is 0. The fourth-order valence-corrected chi connectivity index (χ4v) is 2.69.